The fourth-order valence-corrected chi connectivity index (χ4v) is 2.14. The van der Waals surface area contributed by atoms with Crippen LogP contribution in [0.25, 0.3) is 0 Å². The number of nitrogens with zero attached hydrogens (tertiary/aromatic N) is 1. The van der Waals surface area contributed by atoms with Crippen LogP contribution in [0.3, 0.4) is 0 Å². The highest BCUT2D eigenvalue weighted by Gasteiger charge is 2.11. The maximum Gasteiger partial charge on any atom is 0.149 e. The van der Waals surface area contributed by atoms with Crippen molar-refractivity contribution in [1.82, 2.24) is 4.98 Å². The van der Waals surface area contributed by atoms with Gasteiger partial charge >= 0.3 is 0 Å². The minimum atomic E-state index is 0.0262. The molecule has 0 spiro atoms. The van der Waals surface area contributed by atoms with E-state index in [1.807, 2.05) is 19.1 Å². The Morgan fingerprint density at radius 1 is 1.32 bits per heavy atom. The Hall–Kier alpha value is -1.29. The molecular weight excluding hydrogens is 283 g/mol. The summed E-state index contributed by atoms with van der Waals surface area (Å²) in [6.07, 6.45) is 3.82. The Balaban J connectivity index is 2.33. The van der Waals surface area contributed by atoms with Gasteiger partial charge in [0.15, 0.2) is 0 Å². The largest absolute Gasteiger partial charge is 0.454 e. The zero-order valence-corrected chi connectivity index (χ0v) is 11.9. The number of hydrogen-bond donors (Lipinski definition) is 1. The summed E-state index contributed by atoms with van der Waals surface area (Å²) in [6.45, 7) is 1.94. The van der Waals surface area contributed by atoms with Gasteiger partial charge in [-0.1, -0.05) is 35.3 Å². The molecule has 1 aromatic heterocycles. The number of halogens is 2. The van der Waals surface area contributed by atoms with Gasteiger partial charge in [0.1, 0.15) is 11.5 Å². The van der Waals surface area contributed by atoms with Crippen molar-refractivity contribution in [3.8, 4) is 11.5 Å². The van der Waals surface area contributed by atoms with Crippen LogP contribution in [0.4, 0.5) is 0 Å². The Morgan fingerprint density at radius 3 is 2.79 bits per heavy atom. The predicted octanol–water partition coefficient (Wildman–Crippen LogP) is 4.07. The van der Waals surface area contributed by atoms with Crippen LogP contribution < -0.4 is 10.5 Å². The van der Waals surface area contributed by atoms with Gasteiger partial charge in [-0.3, -0.25) is 4.98 Å². The summed E-state index contributed by atoms with van der Waals surface area (Å²) in [6, 6.07) is 7.32. The van der Waals surface area contributed by atoms with Crippen LogP contribution >= 0.6 is 23.2 Å². The Bertz CT molecular complexity index is 573. The van der Waals surface area contributed by atoms with Crippen molar-refractivity contribution >= 4 is 23.2 Å². The van der Waals surface area contributed by atoms with E-state index in [0.717, 1.165) is 5.56 Å². The van der Waals surface area contributed by atoms with Gasteiger partial charge < -0.3 is 10.5 Å². The van der Waals surface area contributed by atoms with Gasteiger partial charge in [0.2, 0.25) is 0 Å². The number of ether oxygens (including phenoxy) is 1. The summed E-state index contributed by atoms with van der Waals surface area (Å²) in [7, 11) is 0. The third-order valence-electron chi connectivity index (χ3n) is 2.49. The monoisotopic (exact) mass is 296 g/mol. The van der Waals surface area contributed by atoms with Gasteiger partial charge in [0.25, 0.3) is 0 Å². The van der Waals surface area contributed by atoms with Crippen LogP contribution in [0.1, 0.15) is 12.5 Å². The van der Waals surface area contributed by atoms with Gasteiger partial charge in [0.05, 0.1) is 16.2 Å². The topological polar surface area (TPSA) is 48.1 Å². The summed E-state index contributed by atoms with van der Waals surface area (Å²) in [5.41, 5.74) is 6.79. The Morgan fingerprint density at radius 2 is 2.11 bits per heavy atom. The third kappa shape index (κ3) is 3.83. The molecule has 0 amide bonds. The van der Waals surface area contributed by atoms with Crippen LogP contribution in [0.5, 0.6) is 11.5 Å². The highest BCUT2D eigenvalue weighted by atomic mass is 35.5. The molecule has 0 saturated carbocycles. The van der Waals surface area contributed by atoms with Gasteiger partial charge in [-0.25, -0.2) is 0 Å². The highest BCUT2D eigenvalue weighted by molar-refractivity contribution is 6.32. The van der Waals surface area contributed by atoms with Gasteiger partial charge in [-0.2, -0.15) is 0 Å². The van der Waals surface area contributed by atoms with E-state index >= 15 is 0 Å². The molecule has 2 rings (SSSR count). The molecule has 100 valence electrons. The summed E-state index contributed by atoms with van der Waals surface area (Å²) in [5.74, 6) is 1.15. The first-order valence-corrected chi connectivity index (χ1v) is 6.63. The molecule has 1 atom stereocenters. The molecule has 2 N–H and O–H groups in total. The molecule has 5 heteroatoms. The summed E-state index contributed by atoms with van der Waals surface area (Å²) < 4.78 is 5.79. The van der Waals surface area contributed by atoms with Crippen LogP contribution in [0, 0.1) is 0 Å². The normalized spacial score (nSPS) is 12.2. The molecule has 3 nitrogen and oxygen atoms in total. The first kappa shape index (κ1) is 14.1. The van der Waals surface area contributed by atoms with Crippen molar-refractivity contribution in [3.63, 3.8) is 0 Å². The van der Waals surface area contributed by atoms with Crippen molar-refractivity contribution in [2.75, 3.05) is 0 Å². The van der Waals surface area contributed by atoms with E-state index in [1.54, 1.807) is 24.5 Å². The molecule has 0 aliphatic carbocycles. The SMILES string of the molecule is CC(N)Cc1cccc(Cl)c1Oc1cncc(Cl)c1. The van der Waals surface area contributed by atoms with Crippen molar-refractivity contribution in [1.29, 1.82) is 0 Å². The van der Waals surface area contributed by atoms with E-state index < -0.39 is 0 Å². The molecule has 0 bridgehead atoms. The van der Waals surface area contributed by atoms with E-state index in [-0.39, 0.29) is 6.04 Å². The Kier molecular flexibility index (Phi) is 4.64. The quantitative estimate of drug-likeness (QED) is 0.925. The zero-order chi connectivity index (χ0) is 13.8. The Labute approximate surface area is 122 Å². The smallest absolute Gasteiger partial charge is 0.149 e. The number of nitrogens with two attached hydrogens (primary N) is 1. The molecule has 0 fully saturated rings. The second kappa shape index (κ2) is 6.24. The molecule has 0 aliphatic heterocycles. The van der Waals surface area contributed by atoms with Crippen LogP contribution in [0.2, 0.25) is 10.0 Å². The van der Waals surface area contributed by atoms with E-state index in [9.17, 15) is 0 Å². The maximum atomic E-state index is 6.18. The molecule has 1 heterocycles. The summed E-state index contributed by atoms with van der Waals surface area (Å²) in [5, 5.41) is 1.05. The molecular formula is C14H14Cl2N2O. The molecule has 19 heavy (non-hydrogen) atoms. The fourth-order valence-electron chi connectivity index (χ4n) is 1.74. The van der Waals surface area contributed by atoms with Crippen molar-refractivity contribution in [2.24, 2.45) is 5.73 Å². The lowest BCUT2D eigenvalue weighted by Crippen LogP contribution is -2.18. The van der Waals surface area contributed by atoms with Crippen molar-refractivity contribution in [3.05, 3.63) is 52.3 Å². The minimum Gasteiger partial charge on any atom is -0.454 e. The van der Waals surface area contributed by atoms with E-state index in [2.05, 4.69) is 4.98 Å². The van der Waals surface area contributed by atoms with Crippen LogP contribution in [-0.2, 0) is 6.42 Å². The lowest BCUT2D eigenvalue weighted by molar-refractivity contribution is 0.472. The first-order chi connectivity index (χ1) is 9.06. The number of benzene rings is 1. The average Bonchev–Trinajstić information content (AvgIpc) is 2.33. The number of aromatic nitrogens is 1. The van der Waals surface area contributed by atoms with E-state index in [4.69, 9.17) is 33.7 Å². The molecule has 0 radical (unpaired) electrons. The predicted molar refractivity (Wildman–Crippen MR) is 78.1 cm³/mol. The van der Waals surface area contributed by atoms with Gasteiger partial charge in [-0.05, 0) is 25.0 Å². The number of hydrogen-bond acceptors (Lipinski definition) is 3. The number of pyridine rings is 1. The van der Waals surface area contributed by atoms with E-state index in [0.29, 0.717) is 28.0 Å². The molecule has 0 aliphatic rings. The second-order valence-electron chi connectivity index (χ2n) is 4.35. The molecule has 1 unspecified atom stereocenters. The second-order valence-corrected chi connectivity index (χ2v) is 5.19. The van der Waals surface area contributed by atoms with Gasteiger partial charge in [-0.15, -0.1) is 0 Å². The standard InChI is InChI=1S/C14H14Cl2N2O/c1-9(17)5-10-3-2-4-13(16)14(10)19-12-6-11(15)7-18-8-12/h2-4,6-9H,5,17H2,1H3. The highest BCUT2D eigenvalue weighted by Crippen LogP contribution is 2.33. The van der Waals surface area contributed by atoms with Crippen molar-refractivity contribution in [2.45, 2.75) is 19.4 Å². The molecule has 2 aromatic rings. The fraction of sp³-hybridized carbons (Fsp3) is 0.214. The number of para-hydroxylation sites is 1. The van der Waals surface area contributed by atoms with Gasteiger partial charge in [0, 0.05) is 18.3 Å². The van der Waals surface area contributed by atoms with Crippen LogP contribution in [0.15, 0.2) is 36.7 Å². The average molecular weight is 297 g/mol. The zero-order valence-electron chi connectivity index (χ0n) is 10.4. The first-order valence-electron chi connectivity index (χ1n) is 5.87. The maximum absolute atomic E-state index is 6.18. The lowest BCUT2D eigenvalue weighted by atomic mass is 10.1. The summed E-state index contributed by atoms with van der Waals surface area (Å²) in [4.78, 5) is 3.98. The molecule has 0 saturated heterocycles. The lowest BCUT2D eigenvalue weighted by Gasteiger charge is -2.14. The molecule has 1 aromatic carbocycles. The van der Waals surface area contributed by atoms with Crippen LogP contribution in [-0.4, -0.2) is 11.0 Å². The minimum absolute atomic E-state index is 0.0262. The third-order valence-corrected chi connectivity index (χ3v) is 2.99. The van der Waals surface area contributed by atoms with E-state index in [1.165, 1.54) is 0 Å². The summed E-state index contributed by atoms with van der Waals surface area (Å²) >= 11 is 12.1. The number of rotatable bonds is 4. The van der Waals surface area contributed by atoms with Crippen molar-refractivity contribution < 1.29 is 4.74 Å².